The van der Waals surface area contributed by atoms with E-state index < -0.39 is 11.9 Å². The number of ether oxygens (including phenoxy) is 2. The van der Waals surface area contributed by atoms with Gasteiger partial charge in [0.25, 0.3) is 0 Å². The van der Waals surface area contributed by atoms with Crippen molar-refractivity contribution in [1.82, 2.24) is 10.6 Å². The predicted octanol–water partition coefficient (Wildman–Crippen LogP) is 12.5. The highest BCUT2D eigenvalue weighted by Crippen LogP contribution is 2.48. The molecule has 2 aromatic rings. The van der Waals surface area contributed by atoms with E-state index in [2.05, 4.69) is 130 Å². The number of hydrogen-bond acceptors (Lipinski definition) is 7. The first-order valence-electron chi connectivity index (χ1n) is 26.1. The maximum atomic E-state index is 11.9. The molecule has 0 bridgehead atoms. The number of para-hydroxylation sites is 2. The van der Waals surface area contributed by atoms with Gasteiger partial charge in [-0.1, -0.05) is 145 Å². The third-order valence-electron chi connectivity index (χ3n) is 14.3. The molecule has 0 fully saturated rings. The number of carbonyl (C=O) groups is 4. The van der Waals surface area contributed by atoms with Crippen molar-refractivity contribution in [3.63, 3.8) is 0 Å². The molecule has 2 heterocycles. The SMILES string of the molecule is COC(=O)CNC(=O)CCCCCCCCCCN1/C(=C/C=C2\CCCC(/C=C/C3=[N+](CCCCCCCCCCC(=O)NCC(=O)OC)c4ccccc4C3(C)C)=C2Cl)C(C)(C)c2ccccc21. The van der Waals surface area contributed by atoms with Gasteiger partial charge in [0.05, 0.1) is 19.6 Å². The van der Waals surface area contributed by atoms with E-state index in [1.165, 1.54) is 111 Å². The average molecular weight is 967 g/mol. The summed E-state index contributed by atoms with van der Waals surface area (Å²) >= 11 is 7.37. The Morgan fingerprint density at radius 2 is 1.16 bits per heavy atom. The number of unbranched alkanes of at least 4 members (excludes halogenated alkanes) is 14. The van der Waals surface area contributed by atoms with Gasteiger partial charge in [-0.05, 0) is 87.6 Å². The Morgan fingerprint density at radius 3 is 1.75 bits per heavy atom. The lowest BCUT2D eigenvalue weighted by atomic mass is 9.81. The van der Waals surface area contributed by atoms with Crippen LogP contribution in [0.4, 0.5) is 11.4 Å². The minimum absolute atomic E-state index is 0.0627. The Labute approximate surface area is 419 Å². The van der Waals surface area contributed by atoms with Crippen molar-refractivity contribution < 1.29 is 33.2 Å². The van der Waals surface area contributed by atoms with E-state index in [0.717, 1.165) is 88.8 Å². The second-order valence-corrected chi connectivity index (χ2v) is 20.5. The Kier molecular flexibility index (Phi) is 22.3. The van der Waals surface area contributed by atoms with Gasteiger partial charge in [-0.2, -0.15) is 4.58 Å². The first kappa shape index (κ1) is 55.0. The van der Waals surface area contributed by atoms with Crippen LogP contribution < -0.4 is 15.5 Å². The van der Waals surface area contributed by atoms with E-state index in [-0.39, 0.29) is 35.7 Å². The number of nitrogens with one attached hydrogen (secondary N) is 2. The fourth-order valence-corrected chi connectivity index (χ4v) is 10.5. The maximum absolute atomic E-state index is 11.9. The zero-order chi connectivity index (χ0) is 49.7. The monoisotopic (exact) mass is 966 g/mol. The van der Waals surface area contributed by atoms with Gasteiger partial charge < -0.3 is 25.0 Å². The molecule has 2 aromatic carbocycles. The van der Waals surface area contributed by atoms with Crippen LogP contribution in [0.1, 0.15) is 174 Å². The molecule has 0 unspecified atom stereocenters. The molecule has 11 heteroatoms. The van der Waals surface area contributed by atoms with E-state index >= 15 is 0 Å². The van der Waals surface area contributed by atoms with Crippen molar-refractivity contribution in [2.24, 2.45) is 0 Å². The van der Waals surface area contributed by atoms with Gasteiger partial charge in [0.15, 0.2) is 5.71 Å². The summed E-state index contributed by atoms with van der Waals surface area (Å²) < 4.78 is 11.7. The third kappa shape index (κ3) is 16.0. The van der Waals surface area contributed by atoms with Crippen LogP contribution in [-0.2, 0) is 39.5 Å². The van der Waals surface area contributed by atoms with E-state index in [9.17, 15) is 19.2 Å². The minimum Gasteiger partial charge on any atom is -0.468 e. The van der Waals surface area contributed by atoms with Crippen LogP contribution in [0.2, 0.25) is 0 Å². The molecule has 3 aliphatic rings. The number of rotatable bonds is 29. The molecule has 2 N–H and O–H groups in total. The van der Waals surface area contributed by atoms with Gasteiger partial charge in [-0.3, -0.25) is 19.2 Å². The average Bonchev–Trinajstić information content (AvgIpc) is 3.70. The summed E-state index contributed by atoms with van der Waals surface area (Å²) in [5.74, 6) is -1.03. The maximum Gasteiger partial charge on any atom is 0.325 e. The number of esters is 2. The van der Waals surface area contributed by atoms with Crippen LogP contribution in [0.5, 0.6) is 0 Å². The summed E-state index contributed by atoms with van der Waals surface area (Å²) in [6.07, 6.45) is 30.9. The Bertz CT molecular complexity index is 2220. The van der Waals surface area contributed by atoms with Crippen LogP contribution in [-0.4, -0.2) is 74.4 Å². The van der Waals surface area contributed by atoms with Gasteiger partial charge in [0.1, 0.15) is 19.6 Å². The molecule has 0 spiro atoms. The summed E-state index contributed by atoms with van der Waals surface area (Å²) in [7, 11) is 2.64. The number of nitrogens with zero attached hydrogens (tertiary/aromatic N) is 2. The van der Waals surface area contributed by atoms with Crippen molar-refractivity contribution in [2.45, 2.75) is 173 Å². The molecule has 0 aromatic heterocycles. The Balaban J connectivity index is 1.15. The highest BCUT2D eigenvalue weighted by molar-refractivity contribution is 6.32. The number of fused-ring (bicyclic) bond motifs is 2. The summed E-state index contributed by atoms with van der Waals surface area (Å²) in [6, 6.07) is 17.8. The number of hydrogen-bond donors (Lipinski definition) is 2. The van der Waals surface area contributed by atoms with E-state index in [0.29, 0.717) is 12.8 Å². The number of carbonyl (C=O) groups excluding carboxylic acids is 4. The summed E-state index contributed by atoms with van der Waals surface area (Å²) in [4.78, 5) is 48.9. The normalized spacial score (nSPS) is 17.2. The Morgan fingerprint density at radius 1 is 0.638 bits per heavy atom. The first-order chi connectivity index (χ1) is 33.3. The molecule has 0 saturated heterocycles. The number of benzene rings is 2. The number of anilines is 1. The molecule has 2 amide bonds. The lowest BCUT2D eigenvalue weighted by molar-refractivity contribution is -0.438. The fraction of sp³-hybridized carbons (Fsp3) is 0.569. The molecule has 5 rings (SSSR count). The van der Waals surface area contributed by atoms with Crippen LogP contribution >= 0.6 is 11.6 Å². The van der Waals surface area contributed by atoms with Gasteiger partial charge in [0, 0.05) is 65.3 Å². The number of halogens is 1. The van der Waals surface area contributed by atoms with Crippen molar-refractivity contribution >= 4 is 52.4 Å². The summed E-state index contributed by atoms with van der Waals surface area (Å²) in [5.41, 5.74) is 10.2. The molecular weight excluding hydrogens is 884 g/mol. The lowest BCUT2D eigenvalue weighted by Crippen LogP contribution is -2.29. The van der Waals surface area contributed by atoms with Gasteiger partial charge in [-0.15, -0.1) is 0 Å². The highest BCUT2D eigenvalue weighted by atomic mass is 35.5. The molecular formula is C58H82ClN4O6+. The van der Waals surface area contributed by atoms with E-state index in [1.807, 2.05) is 0 Å². The molecule has 2 aliphatic heterocycles. The first-order valence-corrected chi connectivity index (χ1v) is 26.4. The number of methoxy groups -OCH3 is 2. The van der Waals surface area contributed by atoms with Crippen molar-refractivity contribution in [1.29, 1.82) is 0 Å². The molecule has 376 valence electrons. The fourth-order valence-electron chi connectivity index (χ4n) is 10.2. The van der Waals surface area contributed by atoms with E-state index in [1.54, 1.807) is 0 Å². The molecule has 0 saturated carbocycles. The lowest BCUT2D eigenvalue weighted by Gasteiger charge is -2.27. The number of amides is 2. The quantitative estimate of drug-likeness (QED) is 0.0474. The zero-order valence-corrected chi connectivity index (χ0v) is 43.6. The molecule has 0 radical (unpaired) electrons. The second kappa shape index (κ2) is 28.0. The minimum atomic E-state index is -0.425. The summed E-state index contributed by atoms with van der Waals surface area (Å²) in [5, 5.41) is 6.11. The van der Waals surface area contributed by atoms with Crippen LogP contribution in [0.25, 0.3) is 0 Å². The van der Waals surface area contributed by atoms with Crippen LogP contribution in [0, 0.1) is 0 Å². The second-order valence-electron chi connectivity index (χ2n) is 20.1. The number of allylic oxidation sites excluding steroid dienone is 8. The highest BCUT2D eigenvalue weighted by Gasteiger charge is 2.44. The topological polar surface area (TPSA) is 117 Å². The molecule has 69 heavy (non-hydrogen) atoms. The van der Waals surface area contributed by atoms with Crippen molar-refractivity contribution in [3.8, 4) is 0 Å². The standard InChI is InChI=1S/C58H81ClN4O6/c1-57(2)46-30-21-23-32-48(46)62(40-25-17-13-9-7-11-15-19-34-52(64)60-42-54(66)68-5)50(57)38-36-44-28-27-29-45(56(44)59)37-39-51-58(3,4)47-31-22-24-33-49(47)63(51)41-26-18-14-10-8-12-16-20-35-53(65)61-43-55(67)69-6/h21-24,30-33,36-39H,7-20,25-29,34-35,40-43H2,1-6H3,(H-,60,61,64,65)/p+1. The zero-order valence-electron chi connectivity index (χ0n) is 42.8. The van der Waals surface area contributed by atoms with Crippen LogP contribution in [0.3, 0.4) is 0 Å². The van der Waals surface area contributed by atoms with E-state index in [4.69, 9.17) is 11.6 Å². The summed E-state index contributed by atoms with van der Waals surface area (Å²) in [6.45, 7) is 11.2. The van der Waals surface area contributed by atoms with Gasteiger partial charge in [-0.25, -0.2) is 0 Å². The van der Waals surface area contributed by atoms with Crippen molar-refractivity contribution in [3.05, 3.63) is 106 Å². The Hall–Kier alpha value is -4.96. The molecule has 10 nitrogen and oxygen atoms in total. The van der Waals surface area contributed by atoms with Crippen molar-refractivity contribution in [2.75, 3.05) is 45.3 Å². The predicted molar refractivity (Wildman–Crippen MR) is 281 cm³/mol. The largest absolute Gasteiger partial charge is 0.468 e. The van der Waals surface area contributed by atoms with Gasteiger partial charge >= 0.3 is 11.9 Å². The van der Waals surface area contributed by atoms with Crippen LogP contribution in [0.15, 0.2) is 94.7 Å². The van der Waals surface area contributed by atoms with Gasteiger partial charge in [0.2, 0.25) is 17.5 Å². The molecule has 0 atom stereocenters. The molecule has 1 aliphatic carbocycles. The smallest absolute Gasteiger partial charge is 0.325 e. The third-order valence-corrected chi connectivity index (χ3v) is 14.8.